The number of furan rings is 1. The Bertz CT molecular complexity index is 3600. The third kappa shape index (κ3) is 4.07. The van der Waals surface area contributed by atoms with Crippen molar-refractivity contribution in [2.24, 2.45) is 5.92 Å². The van der Waals surface area contributed by atoms with E-state index in [9.17, 15) is 4.11 Å². The summed E-state index contributed by atoms with van der Waals surface area (Å²) >= 11 is 0. The van der Waals surface area contributed by atoms with Crippen LogP contribution >= 0.6 is 0 Å². The van der Waals surface area contributed by atoms with Crippen LogP contribution in [0.15, 0.2) is 180 Å². The molecule has 10 aromatic rings. The van der Waals surface area contributed by atoms with Crippen LogP contribution in [0, 0.1) is 5.92 Å². The lowest BCUT2D eigenvalue weighted by Gasteiger charge is -2.37. The van der Waals surface area contributed by atoms with Crippen LogP contribution in [0.1, 0.15) is 32.3 Å². The van der Waals surface area contributed by atoms with E-state index in [0.717, 1.165) is 65.6 Å². The molecule has 3 aliphatic rings. The van der Waals surface area contributed by atoms with Gasteiger partial charge in [0, 0.05) is 22.6 Å². The van der Waals surface area contributed by atoms with E-state index in [2.05, 4.69) is 134 Å². The molecule has 2 atom stereocenters. The fourth-order valence-electron chi connectivity index (χ4n) is 10.00. The first-order valence-electron chi connectivity index (χ1n) is 20.6. The summed E-state index contributed by atoms with van der Waals surface area (Å²) in [5.41, 5.74) is 10.6. The standard InChI is InChI=1S/C54H32O/c1-2-7-38-30-49-47(28-37(38)6-1)54-43(12-5-13-48(54)55-49)41-25-22-39(40-23-18-35-16-14-31-8-3-10-33-20-26-44(40)52(35)50(31)33)29-46(41)42-24-19-36-17-15-32-9-4-11-34-21-27-45(42)53(36)51(32)34/h1-30,35,52H/i22D,25D,29D. The lowest BCUT2D eigenvalue weighted by Crippen LogP contribution is -2.21. The predicted octanol–water partition coefficient (Wildman–Crippen LogP) is 14.7. The second kappa shape index (κ2) is 10.8. The zero-order valence-electron chi connectivity index (χ0n) is 32.7. The molecular weight excluding hydrogens is 665 g/mol. The molecule has 0 bridgehead atoms. The maximum absolute atomic E-state index is 10.4. The van der Waals surface area contributed by atoms with E-state index in [-0.39, 0.29) is 30.0 Å². The Labute approximate surface area is 322 Å². The van der Waals surface area contributed by atoms with E-state index in [1.807, 2.05) is 30.3 Å². The van der Waals surface area contributed by atoms with Gasteiger partial charge in [-0.1, -0.05) is 158 Å². The predicted molar refractivity (Wildman–Crippen MR) is 233 cm³/mol. The molecule has 0 aliphatic heterocycles. The molecule has 9 aromatic carbocycles. The van der Waals surface area contributed by atoms with Crippen molar-refractivity contribution < 1.29 is 8.53 Å². The highest BCUT2D eigenvalue weighted by Gasteiger charge is 2.34. The summed E-state index contributed by atoms with van der Waals surface area (Å²) in [4.78, 5) is 0. The van der Waals surface area contributed by atoms with Gasteiger partial charge in [0.2, 0.25) is 0 Å². The van der Waals surface area contributed by atoms with Crippen molar-refractivity contribution in [2.75, 3.05) is 0 Å². The smallest absolute Gasteiger partial charge is 0.136 e. The first-order chi connectivity index (χ1) is 28.5. The summed E-state index contributed by atoms with van der Waals surface area (Å²) in [5.74, 6) is 0.253. The van der Waals surface area contributed by atoms with Crippen LogP contribution in [0.4, 0.5) is 0 Å². The van der Waals surface area contributed by atoms with Crippen molar-refractivity contribution in [1.29, 1.82) is 0 Å². The average Bonchev–Trinajstić information content (AvgIpc) is 3.63. The van der Waals surface area contributed by atoms with Crippen LogP contribution < -0.4 is 0 Å². The van der Waals surface area contributed by atoms with Crippen molar-refractivity contribution in [3.63, 3.8) is 0 Å². The average molecular weight is 700 g/mol. The van der Waals surface area contributed by atoms with E-state index in [1.54, 1.807) is 0 Å². The zero-order valence-corrected chi connectivity index (χ0v) is 29.7. The van der Waals surface area contributed by atoms with Crippen LogP contribution in [-0.2, 0) is 0 Å². The maximum Gasteiger partial charge on any atom is 0.136 e. The second-order valence-electron chi connectivity index (χ2n) is 15.3. The van der Waals surface area contributed by atoms with Crippen molar-refractivity contribution in [1.82, 2.24) is 0 Å². The van der Waals surface area contributed by atoms with Crippen LogP contribution in [0.2, 0.25) is 0 Å². The molecule has 0 saturated heterocycles. The summed E-state index contributed by atoms with van der Waals surface area (Å²) in [6, 6.07) is 44.9. The molecule has 1 heteroatoms. The quantitative estimate of drug-likeness (QED) is 0.167. The third-order valence-electron chi connectivity index (χ3n) is 12.5. The summed E-state index contributed by atoms with van der Waals surface area (Å²) in [5, 5.41) is 10.9. The lowest BCUT2D eigenvalue weighted by atomic mass is 9.67. The molecule has 3 aliphatic carbocycles. The van der Waals surface area contributed by atoms with Gasteiger partial charge in [-0.2, -0.15) is 0 Å². The molecule has 1 heterocycles. The Balaban J connectivity index is 1.17. The van der Waals surface area contributed by atoms with Crippen LogP contribution in [0.5, 0.6) is 0 Å². The van der Waals surface area contributed by atoms with Gasteiger partial charge in [-0.25, -0.2) is 0 Å². The van der Waals surface area contributed by atoms with Crippen molar-refractivity contribution in [3.8, 4) is 22.3 Å². The number of allylic oxidation sites excluding steroid dienone is 6. The molecule has 0 spiro atoms. The largest absolute Gasteiger partial charge is 0.456 e. The van der Waals surface area contributed by atoms with Gasteiger partial charge in [-0.05, 0) is 123 Å². The molecule has 0 fully saturated rings. The Morgan fingerprint density at radius 1 is 0.473 bits per heavy atom. The van der Waals surface area contributed by atoms with Crippen LogP contribution in [0.3, 0.4) is 0 Å². The Morgan fingerprint density at radius 2 is 1.20 bits per heavy atom. The lowest BCUT2D eigenvalue weighted by molar-refractivity contribution is 0.667. The molecule has 55 heavy (non-hydrogen) atoms. The first kappa shape index (κ1) is 26.7. The maximum atomic E-state index is 10.4. The number of benzene rings is 9. The Morgan fingerprint density at radius 3 is 2.09 bits per heavy atom. The highest BCUT2D eigenvalue weighted by molar-refractivity contribution is 6.26. The topological polar surface area (TPSA) is 13.1 Å². The second-order valence-corrected chi connectivity index (χ2v) is 15.3. The third-order valence-corrected chi connectivity index (χ3v) is 12.5. The van der Waals surface area contributed by atoms with Gasteiger partial charge in [-0.3, -0.25) is 0 Å². The van der Waals surface area contributed by atoms with E-state index >= 15 is 0 Å². The summed E-state index contributed by atoms with van der Waals surface area (Å²) < 4.78 is 37.0. The van der Waals surface area contributed by atoms with E-state index < -0.39 is 0 Å². The molecule has 13 rings (SSSR count). The molecule has 0 N–H and O–H groups in total. The molecule has 0 amide bonds. The summed E-state index contributed by atoms with van der Waals surface area (Å²) in [7, 11) is 0. The molecule has 0 radical (unpaired) electrons. The highest BCUT2D eigenvalue weighted by atomic mass is 16.3. The van der Waals surface area contributed by atoms with Gasteiger partial charge in [0.1, 0.15) is 11.2 Å². The molecule has 0 saturated carbocycles. The van der Waals surface area contributed by atoms with E-state index in [4.69, 9.17) is 4.42 Å². The monoisotopic (exact) mass is 699 g/mol. The van der Waals surface area contributed by atoms with Crippen LogP contribution in [0.25, 0.3) is 105 Å². The summed E-state index contributed by atoms with van der Waals surface area (Å²) in [6.45, 7) is 0. The normalized spacial score (nSPS) is 17.9. The first-order valence-corrected chi connectivity index (χ1v) is 19.1. The minimum atomic E-state index is 0.0566. The highest BCUT2D eigenvalue weighted by Crippen LogP contribution is 2.52. The summed E-state index contributed by atoms with van der Waals surface area (Å²) in [6.07, 6.45) is 13.2. The molecule has 2 unspecified atom stereocenters. The van der Waals surface area contributed by atoms with Gasteiger partial charge in [0.15, 0.2) is 0 Å². The van der Waals surface area contributed by atoms with Crippen molar-refractivity contribution in [2.45, 2.75) is 5.92 Å². The molecule has 254 valence electrons. The van der Waals surface area contributed by atoms with Crippen molar-refractivity contribution in [3.05, 3.63) is 198 Å². The van der Waals surface area contributed by atoms with E-state index in [1.165, 1.54) is 32.8 Å². The molecule has 1 nitrogen and oxygen atoms in total. The number of fused-ring (bicyclic) bond motifs is 4. The van der Waals surface area contributed by atoms with Gasteiger partial charge in [-0.15, -0.1) is 0 Å². The fourth-order valence-corrected chi connectivity index (χ4v) is 10.00. The van der Waals surface area contributed by atoms with Gasteiger partial charge in [0.05, 0.1) is 4.11 Å². The SMILES string of the molecule is [2H]c1c([2H])c(-c2cccc3oc4cc5ccccc5cc4c23)c(-c2ccc3ccc4cccc5ccc2c3c45)c([2H])c1C1=C2C=Cc3cccc4c3C2C(C=C1)C=C4. The zero-order chi connectivity index (χ0) is 38.4. The van der Waals surface area contributed by atoms with E-state index in [0.29, 0.717) is 22.3 Å². The van der Waals surface area contributed by atoms with Crippen LogP contribution in [-0.4, -0.2) is 0 Å². The minimum absolute atomic E-state index is 0.0566. The van der Waals surface area contributed by atoms with Gasteiger partial charge < -0.3 is 4.42 Å². The van der Waals surface area contributed by atoms with Crippen molar-refractivity contribution >= 4 is 82.8 Å². The molecule has 1 aromatic heterocycles. The minimum Gasteiger partial charge on any atom is -0.456 e. The van der Waals surface area contributed by atoms with Gasteiger partial charge >= 0.3 is 0 Å². The van der Waals surface area contributed by atoms with Gasteiger partial charge in [0.25, 0.3) is 0 Å². The Hall–Kier alpha value is -6.96. The molecular formula is C54H32O. The fraction of sp³-hybridized carbons (Fsp3) is 0.0370. The number of rotatable bonds is 3. The number of hydrogen-bond acceptors (Lipinski definition) is 1. The Kier molecular flexibility index (Phi) is 5.26. The number of hydrogen-bond donors (Lipinski definition) is 0.